The van der Waals surface area contributed by atoms with Gasteiger partial charge in [-0.05, 0) is 30.7 Å². The van der Waals surface area contributed by atoms with Gasteiger partial charge < -0.3 is 10.7 Å². The molecule has 0 amide bonds. The lowest BCUT2D eigenvalue weighted by Crippen LogP contribution is -2.06. The van der Waals surface area contributed by atoms with Crippen molar-refractivity contribution in [2.45, 2.75) is 6.92 Å². The van der Waals surface area contributed by atoms with Crippen LogP contribution in [0.2, 0.25) is 0 Å². The van der Waals surface area contributed by atoms with Crippen LogP contribution >= 0.6 is 15.9 Å². The number of aromatic amines is 1. The summed E-state index contributed by atoms with van der Waals surface area (Å²) in [5.74, 6) is -0.0558. The number of halogens is 1. The molecule has 0 aliphatic carbocycles. The zero-order valence-electron chi connectivity index (χ0n) is 10.9. The van der Waals surface area contributed by atoms with Gasteiger partial charge in [0.15, 0.2) is 5.78 Å². The van der Waals surface area contributed by atoms with Crippen LogP contribution in [0.5, 0.6) is 0 Å². The molecule has 0 bridgehead atoms. The number of benzene rings is 2. The molecule has 20 heavy (non-hydrogen) atoms. The number of ketones is 1. The molecule has 0 saturated heterocycles. The zero-order chi connectivity index (χ0) is 14.3. The molecule has 0 atom stereocenters. The maximum absolute atomic E-state index is 12.7. The average molecular weight is 329 g/mol. The van der Waals surface area contributed by atoms with Crippen molar-refractivity contribution in [2.24, 2.45) is 0 Å². The first kappa shape index (κ1) is 12.9. The highest BCUT2D eigenvalue weighted by Crippen LogP contribution is 2.26. The van der Waals surface area contributed by atoms with Crippen molar-refractivity contribution in [3.05, 3.63) is 63.8 Å². The number of carbonyl (C=O) groups is 1. The van der Waals surface area contributed by atoms with Gasteiger partial charge in [-0.3, -0.25) is 4.79 Å². The van der Waals surface area contributed by atoms with Crippen LogP contribution in [0.4, 0.5) is 5.69 Å². The third kappa shape index (κ3) is 2.02. The number of nitrogens with two attached hydrogens (primary N) is 1. The number of fused-ring (bicyclic) bond motifs is 1. The van der Waals surface area contributed by atoms with Crippen molar-refractivity contribution < 1.29 is 4.79 Å². The zero-order valence-corrected chi connectivity index (χ0v) is 12.5. The number of rotatable bonds is 2. The Kier molecular flexibility index (Phi) is 3.10. The molecule has 4 heteroatoms. The van der Waals surface area contributed by atoms with Gasteiger partial charge in [0.2, 0.25) is 0 Å². The van der Waals surface area contributed by atoms with E-state index in [4.69, 9.17) is 5.73 Å². The molecule has 100 valence electrons. The summed E-state index contributed by atoms with van der Waals surface area (Å²) in [5, 5.41) is 0.902. The number of aromatic nitrogens is 1. The summed E-state index contributed by atoms with van der Waals surface area (Å²) in [6.07, 6.45) is 1.74. The van der Waals surface area contributed by atoms with E-state index in [0.717, 1.165) is 20.9 Å². The Morgan fingerprint density at radius 1 is 1.20 bits per heavy atom. The first-order valence-corrected chi connectivity index (χ1v) is 7.03. The van der Waals surface area contributed by atoms with Gasteiger partial charge >= 0.3 is 0 Å². The molecule has 0 saturated carbocycles. The van der Waals surface area contributed by atoms with Crippen molar-refractivity contribution in [3.63, 3.8) is 0 Å². The van der Waals surface area contributed by atoms with E-state index in [1.54, 1.807) is 12.3 Å². The second-order valence-electron chi connectivity index (χ2n) is 4.76. The summed E-state index contributed by atoms with van der Waals surface area (Å²) >= 11 is 3.42. The highest BCUT2D eigenvalue weighted by Gasteiger charge is 2.17. The minimum Gasteiger partial charge on any atom is -0.398 e. The van der Waals surface area contributed by atoms with Gasteiger partial charge in [-0.15, -0.1) is 0 Å². The molecule has 3 N–H and O–H groups in total. The Hall–Kier alpha value is -2.07. The molecule has 0 aliphatic rings. The monoisotopic (exact) mass is 328 g/mol. The SMILES string of the molecule is Cc1cccc(C(=O)c2c[nH]c3cc(Br)ccc23)c1N. The van der Waals surface area contributed by atoms with Crippen LogP contribution in [-0.4, -0.2) is 10.8 Å². The summed E-state index contributed by atoms with van der Waals surface area (Å²) in [6.45, 7) is 1.90. The first-order valence-electron chi connectivity index (χ1n) is 6.24. The second-order valence-corrected chi connectivity index (χ2v) is 5.67. The molecule has 0 aliphatic heterocycles. The molecule has 3 aromatic rings. The molecule has 0 radical (unpaired) electrons. The number of hydrogen-bond donors (Lipinski definition) is 2. The van der Waals surface area contributed by atoms with Crippen LogP contribution in [0, 0.1) is 6.92 Å². The molecule has 3 nitrogen and oxygen atoms in total. The molecule has 0 fully saturated rings. The molecule has 0 unspecified atom stereocenters. The summed E-state index contributed by atoms with van der Waals surface area (Å²) in [4.78, 5) is 15.8. The maximum Gasteiger partial charge on any atom is 0.197 e. The van der Waals surface area contributed by atoms with Gasteiger partial charge in [0, 0.05) is 38.4 Å². The Labute approximate surface area is 124 Å². The third-order valence-electron chi connectivity index (χ3n) is 3.46. The second kappa shape index (κ2) is 4.80. The van der Waals surface area contributed by atoms with E-state index >= 15 is 0 Å². The average Bonchev–Trinajstić information content (AvgIpc) is 2.84. The van der Waals surface area contributed by atoms with Gasteiger partial charge in [-0.25, -0.2) is 0 Å². The normalized spacial score (nSPS) is 10.9. The Bertz CT molecular complexity index is 820. The highest BCUT2D eigenvalue weighted by atomic mass is 79.9. The number of anilines is 1. The summed E-state index contributed by atoms with van der Waals surface area (Å²) < 4.78 is 0.973. The van der Waals surface area contributed by atoms with E-state index in [-0.39, 0.29) is 5.78 Å². The van der Waals surface area contributed by atoms with Crippen molar-refractivity contribution in [2.75, 3.05) is 5.73 Å². The van der Waals surface area contributed by atoms with Crippen molar-refractivity contribution in [1.82, 2.24) is 4.98 Å². The molecule has 3 rings (SSSR count). The Morgan fingerprint density at radius 2 is 2.00 bits per heavy atom. The molecule has 1 heterocycles. The molecular formula is C16H13BrN2O. The molecular weight excluding hydrogens is 316 g/mol. The van der Waals surface area contributed by atoms with Gasteiger partial charge in [0.25, 0.3) is 0 Å². The lowest BCUT2D eigenvalue weighted by molar-refractivity contribution is 0.104. The quantitative estimate of drug-likeness (QED) is 0.550. The number of para-hydroxylation sites is 1. The predicted octanol–water partition coefficient (Wildman–Crippen LogP) is 4.05. The van der Waals surface area contributed by atoms with E-state index in [1.165, 1.54) is 0 Å². The predicted molar refractivity (Wildman–Crippen MR) is 85.0 cm³/mol. The maximum atomic E-state index is 12.7. The molecule has 2 aromatic carbocycles. The standard InChI is InChI=1S/C16H13BrN2O/c1-9-3-2-4-12(15(9)18)16(20)13-8-19-14-7-10(17)5-6-11(13)14/h2-8,19H,18H2,1H3. The summed E-state index contributed by atoms with van der Waals surface area (Å²) in [6, 6.07) is 11.3. The largest absolute Gasteiger partial charge is 0.398 e. The van der Waals surface area contributed by atoms with Crippen LogP contribution in [0.1, 0.15) is 21.5 Å². The van der Waals surface area contributed by atoms with Crippen LogP contribution in [-0.2, 0) is 0 Å². The number of carbonyl (C=O) groups excluding carboxylic acids is 1. The lowest BCUT2D eigenvalue weighted by atomic mass is 9.99. The highest BCUT2D eigenvalue weighted by molar-refractivity contribution is 9.10. The van der Waals surface area contributed by atoms with Crippen molar-refractivity contribution in [1.29, 1.82) is 0 Å². The van der Waals surface area contributed by atoms with Gasteiger partial charge in [0.05, 0.1) is 0 Å². The minimum atomic E-state index is -0.0558. The third-order valence-corrected chi connectivity index (χ3v) is 3.95. The fraction of sp³-hybridized carbons (Fsp3) is 0.0625. The van der Waals surface area contributed by atoms with E-state index in [2.05, 4.69) is 20.9 Å². The Balaban J connectivity index is 2.16. The number of H-pyrrole nitrogens is 1. The Morgan fingerprint density at radius 3 is 2.80 bits per heavy atom. The number of nitrogens with one attached hydrogen (secondary N) is 1. The van der Waals surface area contributed by atoms with Crippen LogP contribution in [0.15, 0.2) is 47.1 Å². The van der Waals surface area contributed by atoms with E-state index < -0.39 is 0 Å². The fourth-order valence-electron chi connectivity index (χ4n) is 2.31. The van der Waals surface area contributed by atoms with Gasteiger partial charge in [-0.1, -0.05) is 34.1 Å². The summed E-state index contributed by atoms with van der Waals surface area (Å²) in [7, 11) is 0. The van der Waals surface area contributed by atoms with Gasteiger partial charge in [0.1, 0.15) is 0 Å². The number of hydrogen-bond acceptors (Lipinski definition) is 2. The van der Waals surface area contributed by atoms with Crippen molar-refractivity contribution in [3.8, 4) is 0 Å². The van der Waals surface area contributed by atoms with Crippen molar-refractivity contribution >= 4 is 38.3 Å². The fourth-order valence-corrected chi connectivity index (χ4v) is 2.67. The number of nitrogen functional groups attached to an aromatic ring is 1. The lowest BCUT2D eigenvalue weighted by Gasteiger charge is -2.06. The smallest absolute Gasteiger partial charge is 0.197 e. The summed E-state index contributed by atoms with van der Waals surface area (Å²) in [5.41, 5.74) is 9.60. The van der Waals surface area contributed by atoms with Crippen LogP contribution < -0.4 is 5.73 Å². The van der Waals surface area contributed by atoms with E-state index in [1.807, 2.05) is 37.3 Å². The van der Waals surface area contributed by atoms with E-state index in [9.17, 15) is 4.79 Å². The van der Waals surface area contributed by atoms with Gasteiger partial charge in [-0.2, -0.15) is 0 Å². The topological polar surface area (TPSA) is 58.9 Å². The molecule has 1 aromatic heterocycles. The van der Waals surface area contributed by atoms with E-state index in [0.29, 0.717) is 16.8 Å². The molecule has 0 spiro atoms. The van der Waals surface area contributed by atoms with Crippen LogP contribution in [0.3, 0.4) is 0 Å². The first-order chi connectivity index (χ1) is 9.58. The van der Waals surface area contributed by atoms with Crippen LogP contribution in [0.25, 0.3) is 10.9 Å². The minimum absolute atomic E-state index is 0.0558. The number of aryl methyl sites for hydroxylation is 1.